The standard InChI is InChI=1S/C25H30F3N5O/c1-4-21-20(16-18-6-5-7-19(15-18)25(26,27)28)24(31-22(30-21)8-9-29)33-12-10-32(11-13-33)23(34)14-17(2)3/h5-7,15,17H,4,8,10-14,16H2,1-3H3. The van der Waals surface area contributed by atoms with Gasteiger partial charge in [-0.3, -0.25) is 4.79 Å². The molecular weight excluding hydrogens is 443 g/mol. The molecule has 1 aromatic carbocycles. The number of hydrogen-bond donors (Lipinski definition) is 0. The zero-order valence-corrected chi connectivity index (χ0v) is 19.8. The van der Waals surface area contributed by atoms with Gasteiger partial charge in [0.1, 0.15) is 11.6 Å². The Morgan fingerprint density at radius 3 is 2.47 bits per heavy atom. The van der Waals surface area contributed by atoms with Crippen LogP contribution in [-0.2, 0) is 30.2 Å². The fourth-order valence-corrected chi connectivity index (χ4v) is 4.16. The van der Waals surface area contributed by atoms with Crippen molar-refractivity contribution in [3.63, 3.8) is 0 Å². The average molecular weight is 474 g/mol. The van der Waals surface area contributed by atoms with E-state index < -0.39 is 11.7 Å². The topological polar surface area (TPSA) is 73.1 Å². The third-order valence-electron chi connectivity index (χ3n) is 5.84. The highest BCUT2D eigenvalue weighted by atomic mass is 19.4. The van der Waals surface area contributed by atoms with Gasteiger partial charge in [0.25, 0.3) is 0 Å². The molecule has 2 aromatic rings. The van der Waals surface area contributed by atoms with Crippen LogP contribution < -0.4 is 4.90 Å². The lowest BCUT2D eigenvalue weighted by Crippen LogP contribution is -2.49. The van der Waals surface area contributed by atoms with Crippen molar-refractivity contribution in [1.29, 1.82) is 5.26 Å². The molecule has 0 atom stereocenters. The number of piperazine rings is 1. The van der Waals surface area contributed by atoms with Crippen LogP contribution in [0.5, 0.6) is 0 Å². The maximum atomic E-state index is 13.2. The van der Waals surface area contributed by atoms with Crippen molar-refractivity contribution < 1.29 is 18.0 Å². The fraction of sp³-hybridized carbons (Fsp3) is 0.520. The van der Waals surface area contributed by atoms with E-state index in [-0.39, 0.29) is 24.7 Å². The Balaban J connectivity index is 1.93. The first-order chi connectivity index (χ1) is 16.1. The second-order valence-electron chi connectivity index (χ2n) is 8.92. The van der Waals surface area contributed by atoms with Crippen molar-refractivity contribution in [3.8, 4) is 6.07 Å². The first kappa shape index (κ1) is 25.5. The quantitative estimate of drug-likeness (QED) is 0.596. The number of alkyl halides is 3. The largest absolute Gasteiger partial charge is 0.416 e. The number of halogens is 3. The van der Waals surface area contributed by atoms with Crippen molar-refractivity contribution in [1.82, 2.24) is 14.9 Å². The summed E-state index contributed by atoms with van der Waals surface area (Å²) in [5, 5.41) is 9.17. The third-order valence-corrected chi connectivity index (χ3v) is 5.84. The van der Waals surface area contributed by atoms with Crippen LogP contribution >= 0.6 is 0 Å². The Morgan fingerprint density at radius 2 is 1.88 bits per heavy atom. The molecule has 0 spiro atoms. The molecule has 1 aliphatic heterocycles. The predicted molar refractivity (Wildman–Crippen MR) is 123 cm³/mol. The van der Waals surface area contributed by atoms with Crippen LogP contribution in [0, 0.1) is 17.2 Å². The highest BCUT2D eigenvalue weighted by Crippen LogP contribution is 2.31. The Morgan fingerprint density at radius 1 is 1.18 bits per heavy atom. The highest BCUT2D eigenvalue weighted by molar-refractivity contribution is 5.76. The van der Waals surface area contributed by atoms with Gasteiger partial charge in [0.05, 0.1) is 18.1 Å². The molecule has 9 heteroatoms. The molecule has 3 rings (SSSR count). The molecule has 1 aliphatic rings. The molecule has 0 bridgehead atoms. The number of anilines is 1. The number of nitrogens with zero attached hydrogens (tertiary/aromatic N) is 5. The monoisotopic (exact) mass is 473 g/mol. The van der Waals surface area contributed by atoms with E-state index in [1.165, 1.54) is 6.07 Å². The van der Waals surface area contributed by atoms with Gasteiger partial charge in [-0.1, -0.05) is 39.0 Å². The maximum Gasteiger partial charge on any atom is 0.416 e. The molecule has 1 aromatic heterocycles. The number of hydrogen-bond acceptors (Lipinski definition) is 5. The molecule has 34 heavy (non-hydrogen) atoms. The van der Waals surface area contributed by atoms with Crippen LogP contribution in [0.3, 0.4) is 0 Å². The Bertz CT molecular complexity index is 1050. The zero-order valence-electron chi connectivity index (χ0n) is 19.8. The van der Waals surface area contributed by atoms with Gasteiger partial charge in [-0.05, 0) is 24.0 Å². The smallest absolute Gasteiger partial charge is 0.353 e. The molecule has 0 aliphatic carbocycles. The number of carbonyl (C=O) groups is 1. The Kier molecular flexibility index (Phi) is 8.13. The van der Waals surface area contributed by atoms with Crippen LogP contribution in [0.15, 0.2) is 24.3 Å². The first-order valence-electron chi connectivity index (χ1n) is 11.6. The van der Waals surface area contributed by atoms with Crippen LogP contribution in [0.1, 0.15) is 55.4 Å². The summed E-state index contributed by atoms with van der Waals surface area (Å²) in [4.78, 5) is 25.6. The number of carbonyl (C=O) groups excluding carboxylic acids is 1. The van der Waals surface area contributed by atoms with Gasteiger partial charge in [-0.15, -0.1) is 0 Å². The molecule has 0 unspecified atom stereocenters. The van der Waals surface area contributed by atoms with E-state index in [2.05, 4.69) is 20.9 Å². The minimum absolute atomic E-state index is 0.0523. The summed E-state index contributed by atoms with van der Waals surface area (Å²) >= 11 is 0. The number of aromatic nitrogens is 2. The molecule has 1 saturated heterocycles. The first-order valence-corrected chi connectivity index (χ1v) is 11.6. The van der Waals surface area contributed by atoms with Crippen molar-refractivity contribution in [2.45, 2.75) is 52.6 Å². The molecular formula is C25H30F3N5O. The van der Waals surface area contributed by atoms with Gasteiger partial charge >= 0.3 is 6.18 Å². The summed E-state index contributed by atoms with van der Waals surface area (Å²) in [5.74, 6) is 1.46. The number of amides is 1. The van der Waals surface area contributed by atoms with E-state index in [4.69, 9.17) is 5.26 Å². The van der Waals surface area contributed by atoms with Crippen LogP contribution in [0.2, 0.25) is 0 Å². The number of aryl methyl sites for hydroxylation is 1. The van der Waals surface area contributed by atoms with Gasteiger partial charge < -0.3 is 9.80 Å². The van der Waals surface area contributed by atoms with Gasteiger partial charge in [0.2, 0.25) is 5.91 Å². The predicted octanol–water partition coefficient (Wildman–Crippen LogP) is 4.41. The second-order valence-corrected chi connectivity index (χ2v) is 8.92. The van der Waals surface area contributed by atoms with E-state index in [0.29, 0.717) is 56.2 Å². The van der Waals surface area contributed by atoms with Crippen molar-refractivity contribution in [3.05, 3.63) is 52.5 Å². The summed E-state index contributed by atoms with van der Waals surface area (Å²) in [6.07, 6.45) is -3.05. The molecule has 1 amide bonds. The second kappa shape index (κ2) is 10.9. The third kappa shape index (κ3) is 6.25. The lowest BCUT2D eigenvalue weighted by atomic mass is 9.99. The van der Waals surface area contributed by atoms with E-state index in [1.807, 2.05) is 25.7 Å². The van der Waals surface area contributed by atoms with Gasteiger partial charge in [0, 0.05) is 50.3 Å². The lowest BCUT2D eigenvalue weighted by Gasteiger charge is -2.37. The van der Waals surface area contributed by atoms with Crippen LogP contribution in [-0.4, -0.2) is 47.0 Å². The molecule has 6 nitrogen and oxygen atoms in total. The fourth-order valence-electron chi connectivity index (χ4n) is 4.16. The minimum Gasteiger partial charge on any atom is -0.353 e. The number of nitriles is 1. The van der Waals surface area contributed by atoms with Crippen LogP contribution in [0.25, 0.3) is 0 Å². The van der Waals surface area contributed by atoms with Crippen LogP contribution in [0.4, 0.5) is 19.0 Å². The van der Waals surface area contributed by atoms with E-state index in [0.717, 1.165) is 23.4 Å². The molecule has 1 fully saturated rings. The molecule has 182 valence electrons. The summed E-state index contributed by atoms with van der Waals surface area (Å²) in [5.41, 5.74) is 1.33. The Labute approximate surface area is 198 Å². The highest BCUT2D eigenvalue weighted by Gasteiger charge is 2.31. The summed E-state index contributed by atoms with van der Waals surface area (Å²) in [6.45, 7) is 8.18. The summed E-state index contributed by atoms with van der Waals surface area (Å²) in [6, 6.07) is 7.38. The normalized spacial score (nSPS) is 14.4. The molecule has 0 radical (unpaired) electrons. The molecule has 0 saturated carbocycles. The van der Waals surface area contributed by atoms with Crippen molar-refractivity contribution >= 4 is 11.7 Å². The van der Waals surface area contributed by atoms with Gasteiger partial charge in [-0.2, -0.15) is 18.4 Å². The van der Waals surface area contributed by atoms with Gasteiger partial charge in [0.15, 0.2) is 0 Å². The van der Waals surface area contributed by atoms with Gasteiger partial charge in [-0.25, -0.2) is 9.97 Å². The summed E-state index contributed by atoms with van der Waals surface area (Å²) in [7, 11) is 0. The summed E-state index contributed by atoms with van der Waals surface area (Å²) < 4.78 is 39.7. The Hall–Kier alpha value is -3.15. The average Bonchev–Trinajstić information content (AvgIpc) is 2.79. The van der Waals surface area contributed by atoms with Crippen molar-refractivity contribution in [2.75, 3.05) is 31.1 Å². The number of rotatable bonds is 7. The van der Waals surface area contributed by atoms with E-state index in [9.17, 15) is 18.0 Å². The molecule has 2 heterocycles. The zero-order chi connectivity index (χ0) is 24.9. The molecule has 0 N–H and O–H groups in total. The minimum atomic E-state index is -4.42. The maximum absolute atomic E-state index is 13.2. The van der Waals surface area contributed by atoms with Crippen molar-refractivity contribution in [2.24, 2.45) is 5.92 Å². The SMILES string of the molecule is CCc1nc(CC#N)nc(N2CCN(C(=O)CC(C)C)CC2)c1Cc1cccc(C(F)(F)F)c1. The van der Waals surface area contributed by atoms with E-state index in [1.54, 1.807) is 6.07 Å². The van der Waals surface area contributed by atoms with E-state index >= 15 is 0 Å². The number of benzene rings is 1. The lowest BCUT2D eigenvalue weighted by molar-refractivity contribution is -0.137.